The van der Waals surface area contributed by atoms with Crippen molar-refractivity contribution in [3.63, 3.8) is 0 Å². The van der Waals surface area contributed by atoms with Crippen LogP contribution >= 0.6 is 0 Å². The van der Waals surface area contributed by atoms with E-state index in [-0.39, 0.29) is 17.9 Å². The Morgan fingerprint density at radius 2 is 1.78 bits per heavy atom. The quantitative estimate of drug-likeness (QED) is 0.816. The highest BCUT2D eigenvalue weighted by Gasteiger charge is 2.66. The zero-order valence-corrected chi connectivity index (χ0v) is 11.2. The lowest BCUT2D eigenvalue weighted by Crippen LogP contribution is -2.42. The molecule has 0 aromatic heterocycles. The van der Waals surface area contributed by atoms with E-state index in [9.17, 15) is 9.59 Å². The summed E-state index contributed by atoms with van der Waals surface area (Å²) in [5.74, 6) is -1.73. The predicted molar refractivity (Wildman–Crippen MR) is 65.0 cm³/mol. The summed E-state index contributed by atoms with van der Waals surface area (Å²) in [6, 6.07) is 0. The Kier molecular flexibility index (Phi) is 3.36. The Balaban J connectivity index is 1.96. The maximum atomic E-state index is 12.3. The van der Waals surface area contributed by atoms with E-state index in [4.69, 9.17) is 9.84 Å². The molecule has 0 radical (unpaired) electrons. The van der Waals surface area contributed by atoms with E-state index >= 15 is 0 Å². The fraction of sp³-hybridized carbons (Fsp3) is 0.846. The molecule has 2 unspecified atom stereocenters. The van der Waals surface area contributed by atoms with Crippen molar-refractivity contribution < 1.29 is 19.4 Å². The van der Waals surface area contributed by atoms with E-state index in [1.165, 1.54) is 0 Å². The van der Waals surface area contributed by atoms with Crippen LogP contribution in [0.25, 0.3) is 0 Å². The summed E-state index contributed by atoms with van der Waals surface area (Å²) in [7, 11) is 1.69. The predicted octanol–water partition coefficient (Wildman–Crippen LogP) is 0.981. The molecule has 0 bridgehead atoms. The summed E-state index contributed by atoms with van der Waals surface area (Å²) >= 11 is 0. The molecule has 2 rings (SSSR count). The minimum atomic E-state index is -0.856. The number of carboxylic acids is 1. The number of carbonyl (C=O) groups excluding carboxylic acids is 1. The second kappa shape index (κ2) is 4.53. The smallest absolute Gasteiger partial charge is 0.307 e. The second-order valence-corrected chi connectivity index (χ2v) is 5.88. The summed E-state index contributed by atoms with van der Waals surface area (Å²) in [5, 5.41) is 9.10. The van der Waals surface area contributed by atoms with Crippen molar-refractivity contribution in [2.24, 2.45) is 17.3 Å². The molecule has 1 saturated carbocycles. The molecule has 1 aliphatic heterocycles. The monoisotopic (exact) mass is 255 g/mol. The molecule has 0 aromatic carbocycles. The van der Waals surface area contributed by atoms with Crippen molar-refractivity contribution >= 4 is 11.9 Å². The second-order valence-electron chi connectivity index (χ2n) is 5.88. The van der Waals surface area contributed by atoms with Crippen molar-refractivity contribution in [2.75, 3.05) is 20.2 Å². The van der Waals surface area contributed by atoms with Crippen LogP contribution in [0.2, 0.25) is 0 Å². The minimum absolute atomic E-state index is 0.00181. The zero-order chi connectivity index (χ0) is 13.5. The highest BCUT2D eigenvalue weighted by molar-refractivity contribution is 5.91. The van der Waals surface area contributed by atoms with Gasteiger partial charge in [-0.25, -0.2) is 0 Å². The summed E-state index contributed by atoms with van der Waals surface area (Å²) in [6.07, 6.45) is 1.91. The normalized spacial score (nSPS) is 31.2. The molecule has 5 nitrogen and oxygen atoms in total. The van der Waals surface area contributed by atoms with E-state index < -0.39 is 17.3 Å². The number of nitrogens with zero attached hydrogens (tertiary/aromatic N) is 1. The number of hydrogen-bond acceptors (Lipinski definition) is 3. The van der Waals surface area contributed by atoms with E-state index in [0.717, 1.165) is 12.8 Å². The number of hydrogen-bond donors (Lipinski definition) is 1. The van der Waals surface area contributed by atoms with Crippen molar-refractivity contribution in [1.29, 1.82) is 0 Å². The van der Waals surface area contributed by atoms with Crippen LogP contribution in [-0.2, 0) is 14.3 Å². The first-order valence-electron chi connectivity index (χ1n) is 6.44. The van der Waals surface area contributed by atoms with Gasteiger partial charge >= 0.3 is 5.97 Å². The summed E-state index contributed by atoms with van der Waals surface area (Å²) < 4.78 is 5.26. The van der Waals surface area contributed by atoms with Gasteiger partial charge in [-0.05, 0) is 18.3 Å². The molecule has 102 valence electrons. The van der Waals surface area contributed by atoms with Gasteiger partial charge in [0.2, 0.25) is 5.91 Å². The number of aliphatic carboxylic acids is 1. The number of piperidine rings is 1. The highest BCUT2D eigenvalue weighted by atomic mass is 16.5. The number of rotatable bonds is 3. The van der Waals surface area contributed by atoms with Gasteiger partial charge in [0, 0.05) is 20.2 Å². The fourth-order valence-electron chi connectivity index (χ4n) is 3.07. The fourth-order valence-corrected chi connectivity index (χ4v) is 3.07. The van der Waals surface area contributed by atoms with Gasteiger partial charge in [0.1, 0.15) is 0 Å². The van der Waals surface area contributed by atoms with Gasteiger partial charge in [0.15, 0.2) is 0 Å². The number of carbonyl (C=O) groups is 2. The van der Waals surface area contributed by atoms with Crippen molar-refractivity contribution in [1.82, 2.24) is 4.90 Å². The van der Waals surface area contributed by atoms with Gasteiger partial charge in [-0.1, -0.05) is 13.8 Å². The standard InChI is InChI=1S/C13H21NO4/c1-13(2)9(10(13)12(16)17)11(15)14-6-4-8(18-3)5-7-14/h8-10H,4-7H2,1-3H3,(H,16,17). The van der Waals surface area contributed by atoms with E-state index in [1.807, 2.05) is 13.8 Å². The average Bonchev–Trinajstić information content (AvgIpc) is 2.92. The maximum Gasteiger partial charge on any atom is 0.307 e. The lowest BCUT2D eigenvalue weighted by atomic mass is 10.1. The molecule has 0 aromatic rings. The van der Waals surface area contributed by atoms with Crippen molar-refractivity contribution in [3.05, 3.63) is 0 Å². The molecule has 1 amide bonds. The first-order valence-corrected chi connectivity index (χ1v) is 6.44. The number of likely N-dealkylation sites (tertiary alicyclic amines) is 1. The Labute approximate surface area is 107 Å². The largest absolute Gasteiger partial charge is 0.481 e. The zero-order valence-electron chi connectivity index (χ0n) is 11.2. The number of amides is 1. The van der Waals surface area contributed by atoms with E-state index in [2.05, 4.69) is 0 Å². The lowest BCUT2D eigenvalue weighted by molar-refractivity contribution is -0.142. The van der Waals surface area contributed by atoms with Crippen LogP contribution in [0.4, 0.5) is 0 Å². The van der Waals surface area contributed by atoms with E-state index in [1.54, 1.807) is 12.0 Å². The van der Waals surface area contributed by atoms with Gasteiger partial charge in [-0.2, -0.15) is 0 Å². The van der Waals surface area contributed by atoms with E-state index in [0.29, 0.717) is 13.1 Å². The van der Waals surface area contributed by atoms with Crippen molar-refractivity contribution in [2.45, 2.75) is 32.8 Å². The number of ether oxygens (including phenoxy) is 1. The van der Waals surface area contributed by atoms with Crippen molar-refractivity contribution in [3.8, 4) is 0 Å². The summed E-state index contributed by atoms with van der Waals surface area (Å²) in [5.41, 5.74) is -0.402. The first kappa shape index (κ1) is 13.3. The molecule has 2 aliphatic rings. The van der Waals surface area contributed by atoms with Gasteiger partial charge in [-0.15, -0.1) is 0 Å². The van der Waals surface area contributed by atoms with Crippen LogP contribution in [0.5, 0.6) is 0 Å². The Morgan fingerprint density at radius 3 is 2.17 bits per heavy atom. The molecule has 1 N–H and O–H groups in total. The van der Waals surface area contributed by atoms with Crippen LogP contribution in [0, 0.1) is 17.3 Å². The van der Waals surface area contributed by atoms with Gasteiger partial charge in [0.05, 0.1) is 17.9 Å². The van der Waals surface area contributed by atoms with Gasteiger partial charge in [-0.3, -0.25) is 9.59 Å². The molecule has 5 heteroatoms. The Bertz CT molecular complexity index is 358. The molecule has 1 aliphatic carbocycles. The van der Waals surface area contributed by atoms with Crippen LogP contribution in [-0.4, -0.2) is 48.2 Å². The molecule has 18 heavy (non-hydrogen) atoms. The average molecular weight is 255 g/mol. The molecule has 1 saturated heterocycles. The molecule has 1 heterocycles. The van der Waals surface area contributed by atoms with Crippen LogP contribution < -0.4 is 0 Å². The Morgan fingerprint density at radius 1 is 1.22 bits per heavy atom. The minimum Gasteiger partial charge on any atom is -0.481 e. The topological polar surface area (TPSA) is 66.8 Å². The molecule has 2 atom stereocenters. The third-order valence-corrected chi connectivity index (χ3v) is 4.45. The number of carboxylic acid groups (broad SMARTS) is 1. The van der Waals surface area contributed by atoms with Gasteiger partial charge < -0.3 is 14.7 Å². The molecular weight excluding hydrogens is 234 g/mol. The summed E-state index contributed by atoms with van der Waals surface area (Å²) in [4.78, 5) is 25.2. The van der Waals surface area contributed by atoms with Crippen LogP contribution in [0.15, 0.2) is 0 Å². The van der Waals surface area contributed by atoms with Crippen LogP contribution in [0.1, 0.15) is 26.7 Å². The highest BCUT2D eigenvalue weighted by Crippen LogP contribution is 2.59. The SMILES string of the molecule is COC1CCN(C(=O)C2C(C(=O)O)C2(C)C)CC1. The molecular formula is C13H21NO4. The third kappa shape index (κ3) is 2.11. The van der Waals surface area contributed by atoms with Crippen LogP contribution in [0.3, 0.4) is 0 Å². The summed E-state index contributed by atoms with van der Waals surface area (Å²) in [6.45, 7) is 5.07. The lowest BCUT2D eigenvalue weighted by Gasteiger charge is -2.31. The first-order chi connectivity index (χ1) is 8.39. The molecule has 2 fully saturated rings. The Hall–Kier alpha value is -1.10. The molecule has 0 spiro atoms. The third-order valence-electron chi connectivity index (χ3n) is 4.45. The maximum absolute atomic E-state index is 12.3. The van der Waals surface area contributed by atoms with Gasteiger partial charge in [0.25, 0.3) is 0 Å². The number of methoxy groups -OCH3 is 1.